The molecule has 7 heterocycles. The minimum absolute atomic E-state index is 0.0377. The molecule has 0 bridgehead atoms. The first-order valence-electron chi connectivity index (χ1n) is 25.3. The fourth-order valence-electron chi connectivity index (χ4n) is 11.7. The predicted octanol–water partition coefficient (Wildman–Crippen LogP) is 6.63. The van der Waals surface area contributed by atoms with Crippen LogP contribution in [0.2, 0.25) is 0 Å². The zero-order valence-electron chi connectivity index (χ0n) is 40.2. The molecule has 20 heteroatoms. The summed E-state index contributed by atoms with van der Waals surface area (Å²) >= 11 is 1.01. The number of rotatable bonds is 13. The lowest BCUT2D eigenvalue weighted by molar-refractivity contribution is -0.148. The van der Waals surface area contributed by atoms with Crippen molar-refractivity contribution in [3.05, 3.63) is 104 Å². The molecule has 0 radical (unpaired) electrons. The van der Waals surface area contributed by atoms with Crippen LogP contribution in [0.15, 0.2) is 65.6 Å². The maximum Gasteiger partial charge on any atom is 0.399 e. The Morgan fingerprint density at radius 1 is 0.932 bits per heavy atom. The smallest absolute Gasteiger partial charge is 0.340 e. The summed E-state index contributed by atoms with van der Waals surface area (Å²) in [4.78, 5) is 117. The summed E-state index contributed by atoms with van der Waals surface area (Å²) in [7, 11) is -5.80. The molecule has 4 N–H and O–H groups in total. The number of hydrogen-bond acceptors (Lipinski definition) is 9. The number of imide groups is 1. The molecule has 1 saturated carbocycles. The second kappa shape index (κ2) is 20.0. The Balaban J connectivity index is 0.714. The average molecular weight is 1040 g/mol. The summed E-state index contributed by atoms with van der Waals surface area (Å²) in [6.45, 7) is 1.28. The minimum atomic E-state index is -5.80. The Kier molecular flexibility index (Phi) is 13.8. The summed E-state index contributed by atoms with van der Waals surface area (Å²) in [6, 6.07) is 11.2. The van der Waals surface area contributed by atoms with Crippen LogP contribution in [0, 0.1) is 11.8 Å². The number of halogens is 2. The van der Waals surface area contributed by atoms with E-state index in [4.69, 9.17) is 0 Å². The average Bonchev–Trinajstić information content (AvgIpc) is 3.64. The van der Waals surface area contributed by atoms with Crippen molar-refractivity contribution < 1.29 is 51.9 Å². The van der Waals surface area contributed by atoms with Gasteiger partial charge in [-0.1, -0.05) is 49.7 Å². The van der Waals surface area contributed by atoms with E-state index in [0.29, 0.717) is 61.9 Å². The summed E-state index contributed by atoms with van der Waals surface area (Å²) < 4.78 is 42.6. The molecule has 6 amide bonds. The molecular weight excluding hydrogens is 982 g/mol. The number of aryl methyl sites for hydroxylation is 1. The van der Waals surface area contributed by atoms with Gasteiger partial charge in [0.2, 0.25) is 23.6 Å². The van der Waals surface area contributed by atoms with Gasteiger partial charge in [0.05, 0.1) is 4.88 Å². The number of amides is 6. The summed E-state index contributed by atoms with van der Waals surface area (Å²) in [5.74, 6) is 4.41. The number of unbranched alkanes of at least 4 members (excludes halogenated alkanes) is 4. The second-order valence-electron chi connectivity index (χ2n) is 20.5. The van der Waals surface area contributed by atoms with Crippen LogP contribution in [0.25, 0.3) is 10.1 Å². The van der Waals surface area contributed by atoms with Crippen molar-refractivity contribution in [2.24, 2.45) is 0 Å². The number of carbonyl (C=O) groups excluding carboxylic acids is 6. The molecule has 384 valence electrons. The quantitative estimate of drug-likeness (QED) is 0.0485. The first kappa shape index (κ1) is 50.5. The Hall–Kier alpha value is -6.06. The highest BCUT2D eigenvalue weighted by Crippen LogP contribution is 2.59. The number of thiophene rings is 1. The molecule has 5 atom stereocenters. The normalized spacial score (nSPS) is 23.7. The Morgan fingerprint density at radius 2 is 1.73 bits per heavy atom. The van der Waals surface area contributed by atoms with Gasteiger partial charge in [-0.05, 0) is 117 Å². The van der Waals surface area contributed by atoms with Crippen LogP contribution in [-0.2, 0) is 42.5 Å². The molecular formula is C53H57F2N6O10PS. The third kappa shape index (κ3) is 9.91. The summed E-state index contributed by atoms with van der Waals surface area (Å²) in [5, 5.41) is 5.40. The van der Waals surface area contributed by atoms with E-state index >= 15 is 0 Å². The molecule has 5 aliphatic heterocycles. The van der Waals surface area contributed by atoms with E-state index in [-0.39, 0.29) is 69.9 Å². The topological polar surface area (TPSA) is 216 Å². The first-order chi connectivity index (χ1) is 34.9. The van der Waals surface area contributed by atoms with Crippen LogP contribution in [0.4, 0.5) is 8.78 Å². The van der Waals surface area contributed by atoms with Crippen LogP contribution >= 0.6 is 18.9 Å². The number of alkyl halides is 2. The molecule has 2 aromatic heterocycles. The number of aromatic nitrogens is 1. The van der Waals surface area contributed by atoms with E-state index in [1.807, 2.05) is 23.2 Å². The monoisotopic (exact) mass is 1040 g/mol. The molecule has 4 saturated heterocycles. The molecule has 1 spiro atoms. The van der Waals surface area contributed by atoms with Gasteiger partial charge in [0.25, 0.3) is 17.4 Å². The molecule has 1 unspecified atom stereocenters. The molecule has 4 aromatic rings. The maximum atomic E-state index is 14.7. The number of nitrogens with one attached hydrogen (secondary N) is 2. The van der Waals surface area contributed by atoms with Crippen molar-refractivity contribution in [3.8, 4) is 11.8 Å². The van der Waals surface area contributed by atoms with E-state index in [9.17, 15) is 56.7 Å². The van der Waals surface area contributed by atoms with Crippen LogP contribution < -0.4 is 16.2 Å². The van der Waals surface area contributed by atoms with E-state index in [1.54, 1.807) is 27.7 Å². The van der Waals surface area contributed by atoms with Gasteiger partial charge in [-0.3, -0.25) is 43.4 Å². The lowest BCUT2D eigenvalue weighted by Crippen LogP contribution is -2.57. The molecule has 5 fully saturated rings. The van der Waals surface area contributed by atoms with E-state index in [2.05, 4.69) is 22.5 Å². The number of fused-ring (bicyclic) bond motifs is 3. The van der Waals surface area contributed by atoms with Gasteiger partial charge < -0.3 is 34.4 Å². The summed E-state index contributed by atoms with van der Waals surface area (Å²) in [5.41, 5.74) is -2.71. The van der Waals surface area contributed by atoms with E-state index < -0.39 is 48.8 Å². The van der Waals surface area contributed by atoms with Gasteiger partial charge in [-0.15, -0.1) is 11.3 Å². The zero-order chi connectivity index (χ0) is 51.4. The van der Waals surface area contributed by atoms with Crippen molar-refractivity contribution in [2.75, 3.05) is 6.54 Å². The Labute approximate surface area is 424 Å². The largest absolute Gasteiger partial charge is 0.399 e. The Morgan fingerprint density at radius 3 is 2.49 bits per heavy atom. The molecule has 6 aliphatic rings. The highest BCUT2D eigenvalue weighted by atomic mass is 32.1. The maximum absolute atomic E-state index is 14.7. The van der Waals surface area contributed by atoms with Crippen molar-refractivity contribution in [3.63, 3.8) is 0 Å². The molecule has 2 aromatic carbocycles. The van der Waals surface area contributed by atoms with Crippen LogP contribution in [0.1, 0.15) is 151 Å². The molecule has 1 aliphatic carbocycles. The van der Waals surface area contributed by atoms with Gasteiger partial charge in [0.1, 0.15) is 18.1 Å². The van der Waals surface area contributed by atoms with Gasteiger partial charge >= 0.3 is 13.3 Å². The predicted molar refractivity (Wildman–Crippen MR) is 265 cm³/mol. The lowest BCUT2D eigenvalue weighted by Gasteiger charge is -2.37. The third-order valence-corrected chi connectivity index (χ3v) is 17.9. The van der Waals surface area contributed by atoms with Crippen LogP contribution in [0.5, 0.6) is 0 Å². The van der Waals surface area contributed by atoms with Gasteiger partial charge in [0, 0.05) is 83.6 Å². The number of likely N-dealkylation sites (tertiary alicyclic amines) is 1. The van der Waals surface area contributed by atoms with E-state index in [1.165, 1.54) is 17.0 Å². The number of carbonyl (C=O) groups is 6. The zero-order valence-corrected chi connectivity index (χ0v) is 41.9. The minimum Gasteiger partial charge on any atom is -0.340 e. The van der Waals surface area contributed by atoms with Gasteiger partial charge in [-0.2, -0.15) is 8.78 Å². The fourth-order valence-corrected chi connectivity index (χ4v) is 13.1. The van der Waals surface area contributed by atoms with Crippen LogP contribution in [0.3, 0.4) is 0 Å². The van der Waals surface area contributed by atoms with Crippen molar-refractivity contribution in [2.45, 2.75) is 157 Å². The standard InChI is InChI=1S/C53H57F2N6O10PS/c54-53(55,72(69,70)71)36-15-19-43-34(26-36)27-44(73-43)48(65)56-40-14-7-6-12-37-16-17-42(61(37)50(40)67)51(68)60-30-35(29-52(60)22-23-52)33-21-25-58(46(63)28-33)24-8-4-2-1-3-5-10-32-11-9-13-38-39(32)31-59(49(38)66)41-18-20-45(62)57-47(41)64/h9,11,13,15,19,21,25-28,35,37,40-42H,1-4,6-8,12,14,16-18,20,22-24,29-31H2,(H,56,65)(H,57,62,64)(H2,69,70,71)/t35-,37-,40-,41?,42-/m0/s1. The second-order valence-corrected chi connectivity index (χ2v) is 23.2. The van der Waals surface area contributed by atoms with E-state index in [0.717, 1.165) is 97.9 Å². The molecule has 10 rings (SSSR count). The van der Waals surface area contributed by atoms with Crippen LogP contribution in [-0.4, -0.2) is 101 Å². The van der Waals surface area contributed by atoms with Crippen molar-refractivity contribution in [1.29, 1.82) is 0 Å². The van der Waals surface area contributed by atoms with Gasteiger partial charge in [-0.25, -0.2) is 0 Å². The highest BCUT2D eigenvalue weighted by molar-refractivity contribution is 7.52. The van der Waals surface area contributed by atoms with Gasteiger partial charge in [0.15, 0.2) is 0 Å². The Bertz CT molecular complexity index is 3100. The van der Waals surface area contributed by atoms with Crippen molar-refractivity contribution >= 4 is 64.5 Å². The number of pyridine rings is 1. The van der Waals surface area contributed by atoms with Crippen molar-refractivity contribution in [1.82, 2.24) is 29.9 Å². The SMILES string of the molecule is O=C1CCC(N2Cc3c(C#CCCCCCCn4ccc([C@@H]5CN(C(=O)[C@@H]6CC[C@@H]7CCCC[C@H](NC(=O)c8cc9cc(C(F)(F)P(=O)(O)O)ccc9s8)C(=O)N76)C6(CC6)C5)cc4=O)cccc3C2=O)C(=O)N1. The number of benzene rings is 2. The first-order valence-corrected chi connectivity index (χ1v) is 27.7. The molecule has 16 nitrogen and oxygen atoms in total. The highest BCUT2D eigenvalue weighted by Gasteiger charge is 2.58. The number of piperidine rings is 1. The number of hydrogen-bond donors (Lipinski definition) is 4. The third-order valence-electron chi connectivity index (χ3n) is 15.8. The summed E-state index contributed by atoms with van der Waals surface area (Å²) in [6.07, 6.45) is 12.7. The number of nitrogens with zero attached hydrogens (tertiary/aromatic N) is 4. The fraction of sp³-hybridized carbons (Fsp3) is 0.491. The lowest BCUT2D eigenvalue weighted by atomic mass is 9.96. The molecule has 73 heavy (non-hydrogen) atoms.